The highest BCUT2D eigenvalue weighted by Gasteiger charge is 2.58. The minimum absolute atomic E-state index is 0.0833. The van der Waals surface area contributed by atoms with Crippen molar-refractivity contribution in [2.75, 3.05) is 0 Å². The molecule has 0 amide bonds. The molecule has 0 spiro atoms. The highest BCUT2D eigenvalue weighted by molar-refractivity contribution is 7.85. The van der Waals surface area contributed by atoms with Gasteiger partial charge in [-0.2, -0.15) is 21.6 Å². The number of benzene rings is 3. The summed E-state index contributed by atoms with van der Waals surface area (Å²) in [5.41, 5.74) is -0.184. The molecule has 11 N–H and O–H groups in total. The Hall–Kier alpha value is -8.23. The quantitative estimate of drug-likeness (QED) is 0.0137. The molecular weight excluding hydrogens is 1240 g/mol. The summed E-state index contributed by atoms with van der Waals surface area (Å²) in [5.74, 6) is -9.87. The van der Waals surface area contributed by atoms with E-state index in [2.05, 4.69) is 11.9 Å². The molecule has 93 heavy (non-hydrogen) atoms. The van der Waals surface area contributed by atoms with Gasteiger partial charge in [-0.05, 0) is 121 Å². The van der Waals surface area contributed by atoms with Crippen molar-refractivity contribution >= 4 is 63.9 Å². The van der Waals surface area contributed by atoms with E-state index in [0.717, 1.165) is 49.0 Å². The predicted octanol–water partition coefficient (Wildman–Crippen LogP) is 14.8. The van der Waals surface area contributed by atoms with E-state index in [1.165, 1.54) is 144 Å². The first-order valence-corrected chi connectivity index (χ1v) is 31.6. The second kappa shape index (κ2) is 42.8. The molecule has 4 rings (SSSR count). The van der Waals surface area contributed by atoms with E-state index < -0.39 is 82.0 Å². The first-order valence-electron chi connectivity index (χ1n) is 30.2. The number of alkyl halides is 3. The number of halogens is 3. The molecule has 0 aliphatic carbocycles. The van der Waals surface area contributed by atoms with E-state index in [1.54, 1.807) is 19.9 Å². The molecule has 0 aliphatic rings. The van der Waals surface area contributed by atoms with Crippen molar-refractivity contribution in [1.82, 2.24) is 4.98 Å². The maximum atomic E-state index is 11.7. The summed E-state index contributed by atoms with van der Waals surface area (Å²) >= 11 is 0. The lowest BCUT2D eigenvalue weighted by atomic mass is 9.78. The van der Waals surface area contributed by atoms with Gasteiger partial charge in [0.1, 0.15) is 5.75 Å². The van der Waals surface area contributed by atoms with Crippen molar-refractivity contribution in [2.24, 2.45) is 5.92 Å². The number of aryl methyl sites for hydroxylation is 2. The van der Waals surface area contributed by atoms with Crippen molar-refractivity contribution in [1.29, 1.82) is 0 Å². The van der Waals surface area contributed by atoms with Crippen LogP contribution in [0, 0.1) is 19.8 Å². The van der Waals surface area contributed by atoms with Gasteiger partial charge < -0.3 is 51.1 Å². The van der Waals surface area contributed by atoms with Gasteiger partial charge in [-0.25, -0.2) is 28.8 Å². The van der Waals surface area contributed by atoms with Gasteiger partial charge in [-0.1, -0.05) is 158 Å². The number of aliphatic carboxylic acids is 4. The highest BCUT2D eigenvalue weighted by atomic mass is 32.2. The van der Waals surface area contributed by atoms with Crippen molar-refractivity contribution in [3.05, 3.63) is 129 Å². The largest absolute Gasteiger partial charge is 0.507 e. The lowest BCUT2D eigenvalue weighted by Crippen LogP contribution is -2.51. The van der Waals surface area contributed by atoms with Crippen molar-refractivity contribution in [2.45, 2.75) is 219 Å². The number of pyridine rings is 1. The number of aliphatic hydroxyl groups is 1. The SMILES string of the molecule is CC(C)(C)c1cc(C=CC(=O)O)cc(C(C)(C)C)c1O.CCC(O)(C(=O)O)C(F)(F)F.CCCCCCCCCCCCCCCCCCC(CC(=O)O)C(=O)O.Cc1cc(C(=O)O)cc(C)c1C(=O)O.O=C(O)c1ccc(C(=O)O)cc1.O=S(=O)(O)c1ccncc1. The summed E-state index contributed by atoms with van der Waals surface area (Å²) in [7, 11) is -4.04. The number of carboxylic acids is 8. The minimum atomic E-state index is -5.12. The summed E-state index contributed by atoms with van der Waals surface area (Å²) in [6.07, 6.45) is 20.1. The van der Waals surface area contributed by atoms with Gasteiger partial charge in [0.2, 0.25) is 0 Å². The van der Waals surface area contributed by atoms with Gasteiger partial charge in [-0.15, -0.1) is 0 Å². The van der Waals surface area contributed by atoms with Gasteiger partial charge in [0.05, 0.1) is 39.5 Å². The molecule has 1 heterocycles. The number of aromatic nitrogens is 1. The van der Waals surface area contributed by atoms with Crippen molar-refractivity contribution < 1.29 is 116 Å². The number of rotatable bonds is 29. The molecule has 0 fully saturated rings. The molecule has 4 aromatic rings. The molecular formula is C67H94F3NO21S. The molecule has 0 saturated carbocycles. The van der Waals surface area contributed by atoms with Crippen LogP contribution in [-0.4, -0.2) is 129 Å². The van der Waals surface area contributed by atoms with Crippen LogP contribution in [0.2, 0.25) is 0 Å². The second-order valence-electron chi connectivity index (χ2n) is 23.8. The van der Waals surface area contributed by atoms with Gasteiger partial charge in [0.25, 0.3) is 15.7 Å². The Labute approximate surface area is 542 Å². The number of unbranched alkanes of at least 4 members (excludes halogenated alkanes) is 15. The third-order valence-corrected chi connectivity index (χ3v) is 14.9. The number of phenolic OH excluding ortho intramolecular Hbond substituents is 1. The normalized spacial score (nSPS) is 12.2. The maximum Gasteiger partial charge on any atom is 0.428 e. The Morgan fingerprint density at radius 1 is 0.548 bits per heavy atom. The van der Waals surface area contributed by atoms with Crippen LogP contribution in [0.25, 0.3) is 6.08 Å². The fourth-order valence-electron chi connectivity index (χ4n) is 8.69. The summed E-state index contributed by atoms with van der Waals surface area (Å²) in [6.45, 7) is 18.5. The molecule has 2 unspecified atom stereocenters. The van der Waals surface area contributed by atoms with Gasteiger partial charge in [0, 0.05) is 29.6 Å². The number of hydrogen-bond acceptors (Lipinski definition) is 13. The van der Waals surface area contributed by atoms with Crippen LogP contribution in [0.15, 0.2) is 84.0 Å². The smallest absolute Gasteiger partial charge is 0.428 e. The number of hydrogen-bond donors (Lipinski definition) is 11. The van der Waals surface area contributed by atoms with Crippen LogP contribution in [-0.2, 0) is 40.1 Å². The first kappa shape index (κ1) is 86.8. The van der Waals surface area contributed by atoms with Crippen LogP contribution >= 0.6 is 0 Å². The highest BCUT2D eigenvalue weighted by Crippen LogP contribution is 2.40. The van der Waals surface area contributed by atoms with Crippen LogP contribution in [0.3, 0.4) is 0 Å². The summed E-state index contributed by atoms with van der Waals surface area (Å²) in [6, 6.07) is 13.9. The van der Waals surface area contributed by atoms with Crippen LogP contribution in [0.5, 0.6) is 5.75 Å². The number of aromatic carboxylic acids is 4. The Morgan fingerprint density at radius 3 is 1.16 bits per heavy atom. The molecule has 0 saturated heterocycles. The molecule has 2 atom stereocenters. The monoisotopic (exact) mass is 1340 g/mol. The summed E-state index contributed by atoms with van der Waals surface area (Å²) in [5, 5.41) is 87.9. The summed E-state index contributed by atoms with van der Waals surface area (Å²) < 4.78 is 64.3. The van der Waals surface area contributed by atoms with Crippen molar-refractivity contribution in [3.63, 3.8) is 0 Å². The number of aromatic hydroxyl groups is 1. The van der Waals surface area contributed by atoms with E-state index in [4.69, 9.17) is 50.5 Å². The lowest BCUT2D eigenvalue weighted by Gasteiger charge is -2.27. The van der Waals surface area contributed by atoms with Gasteiger partial charge >= 0.3 is 53.9 Å². The Bertz CT molecular complexity index is 3060. The van der Waals surface area contributed by atoms with Crippen molar-refractivity contribution in [3.8, 4) is 5.75 Å². The zero-order valence-corrected chi connectivity index (χ0v) is 55.4. The van der Waals surface area contributed by atoms with Crippen LogP contribution < -0.4 is 0 Å². The third kappa shape index (κ3) is 36.0. The van der Waals surface area contributed by atoms with Crippen LogP contribution in [0.4, 0.5) is 13.2 Å². The van der Waals surface area contributed by atoms with E-state index in [0.29, 0.717) is 23.3 Å². The molecule has 0 radical (unpaired) electrons. The number of carbonyl (C=O) groups is 8. The third-order valence-electron chi connectivity index (χ3n) is 14.0. The zero-order chi connectivity index (χ0) is 72.1. The Kier molecular flexibility index (Phi) is 40.0. The average molecular weight is 1340 g/mol. The predicted molar refractivity (Wildman–Crippen MR) is 343 cm³/mol. The second-order valence-corrected chi connectivity index (χ2v) is 25.2. The van der Waals surface area contributed by atoms with Gasteiger partial charge in [0.15, 0.2) is 0 Å². The van der Waals surface area contributed by atoms with E-state index in [9.17, 15) is 65.1 Å². The Morgan fingerprint density at radius 2 is 0.914 bits per heavy atom. The zero-order valence-electron chi connectivity index (χ0n) is 54.6. The summed E-state index contributed by atoms with van der Waals surface area (Å²) in [4.78, 5) is 87.7. The Balaban J connectivity index is 0. The number of carboxylic acid groups (broad SMARTS) is 8. The molecule has 22 nitrogen and oxygen atoms in total. The first-order chi connectivity index (χ1) is 42.9. The fraction of sp³-hybridized carbons (Fsp3) is 0.507. The topological polar surface area (TPSA) is 406 Å². The van der Waals surface area contributed by atoms with Crippen LogP contribution in [0.1, 0.15) is 247 Å². The van der Waals surface area contributed by atoms with E-state index >= 15 is 0 Å². The van der Waals surface area contributed by atoms with E-state index in [-0.39, 0.29) is 44.4 Å². The average Bonchev–Trinajstić information content (AvgIpc) is 0.800. The number of phenols is 1. The standard InChI is InChI=1S/C22H42O4.C17H24O3.C10H10O4.C8H6O4.C5H7F3O3.C5H5NO3S/c1-2-3-4-5-6-7-8-9-10-11-12-13-14-15-16-17-18-20(22(25)26)19-21(23)24;1-16(2,3)12-9-11(7-8-14(18)19)10-13(15(12)20)17(4,5)6;1-5-3-7(9(11)12)4-6(2)8(5)10(13)14;9-7(10)5-1-2-6(4-3-5)8(11)12;1-2-4(11,3(9)10)5(6,7)8;7-10(8,9)5-1-3-6-4-2-5/h20H,2-19H2,1H3,(H,23,24)(H,25,26);7-10,20H,1-6H3,(H,18,19);3-4H,1-2H3,(H,11,12)(H,13,14);1-4H,(H,9,10)(H,11,12);11H,2H2,1H3,(H,9,10);1-4H,(H,7,8,9). The molecule has 0 bridgehead atoms. The molecule has 0 aliphatic heterocycles. The maximum absolute atomic E-state index is 11.7. The molecule has 26 heteroatoms. The molecule has 1 aromatic heterocycles. The fourth-order valence-corrected chi connectivity index (χ4v) is 9.15. The molecule has 520 valence electrons. The van der Waals surface area contributed by atoms with Gasteiger partial charge in [-0.3, -0.25) is 19.1 Å². The molecule has 3 aromatic carbocycles. The minimum Gasteiger partial charge on any atom is -0.507 e. The van der Waals surface area contributed by atoms with E-state index in [1.807, 2.05) is 53.7 Å². The number of nitrogens with zero attached hydrogens (tertiary/aromatic N) is 1. The lowest BCUT2D eigenvalue weighted by molar-refractivity contribution is -0.260.